The Hall–Kier alpha value is -3.66. The number of rotatable bonds is 13. The van der Waals surface area contributed by atoms with Gasteiger partial charge >= 0.3 is 11.9 Å². The minimum Gasteiger partial charge on any atom is -0.466 e. The normalized spacial score (nSPS) is 10.7. The maximum Gasteiger partial charge on any atom is 0.338 e. The first-order valence-corrected chi connectivity index (χ1v) is 12.1. The molecule has 0 aliphatic heterocycles. The van der Waals surface area contributed by atoms with Crippen LogP contribution in [0.25, 0.3) is 0 Å². The highest BCUT2D eigenvalue weighted by Crippen LogP contribution is 2.24. The van der Waals surface area contributed by atoms with Crippen LogP contribution in [0.5, 0.6) is 0 Å². The fourth-order valence-corrected chi connectivity index (χ4v) is 4.41. The third kappa shape index (κ3) is 7.73. The zero-order chi connectivity index (χ0) is 25.0. The van der Waals surface area contributed by atoms with Gasteiger partial charge in [-0.15, -0.1) is 6.58 Å². The lowest BCUT2D eigenvalue weighted by molar-refractivity contribution is -0.143. The second-order valence-electron chi connectivity index (χ2n) is 7.02. The number of anilines is 1. The van der Waals surface area contributed by atoms with Crippen LogP contribution < -0.4 is 9.62 Å². The SMILES string of the molecule is C=CCN(c1ccccc1)S(=O)(=O)c1cccc(C(=O)OCC(=O)NCCCC(=O)OCC)c1. The van der Waals surface area contributed by atoms with Gasteiger partial charge < -0.3 is 14.8 Å². The zero-order valence-electron chi connectivity index (χ0n) is 18.9. The topological polar surface area (TPSA) is 119 Å². The first-order chi connectivity index (χ1) is 16.3. The molecule has 9 nitrogen and oxygen atoms in total. The van der Waals surface area contributed by atoms with E-state index in [0.29, 0.717) is 18.7 Å². The van der Waals surface area contributed by atoms with E-state index in [1.54, 1.807) is 37.3 Å². The Morgan fingerprint density at radius 3 is 2.47 bits per heavy atom. The van der Waals surface area contributed by atoms with Gasteiger partial charge in [-0.05, 0) is 43.7 Å². The first-order valence-electron chi connectivity index (χ1n) is 10.7. The van der Waals surface area contributed by atoms with Crippen molar-refractivity contribution in [1.29, 1.82) is 0 Å². The highest BCUT2D eigenvalue weighted by Gasteiger charge is 2.25. The molecule has 0 saturated carbocycles. The van der Waals surface area contributed by atoms with E-state index in [1.165, 1.54) is 34.6 Å². The van der Waals surface area contributed by atoms with Crippen molar-refractivity contribution in [2.75, 3.05) is 30.6 Å². The van der Waals surface area contributed by atoms with Crippen LogP contribution in [0, 0.1) is 0 Å². The van der Waals surface area contributed by atoms with Gasteiger partial charge in [0, 0.05) is 13.0 Å². The largest absolute Gasteiger partial charge is 0.466 e. The molecule has 1 N–H and O–H groups in total. The molecule has 0 saturated heterocycles. The molecule has 182 valence electrons. The number of benzene rings is 2. The monoisotopic (exact) mass is 488 g/mol. The van der Waals surface area contributed by atoms with Gasteiger partial charge in [-0.3, -0.25) is 13.9 Å². The van der Waals surface area contributed by atoms with Gasteiger partial charge in [0.2, 0.25) is 0 Å². The number of carbonyl (C=O) groups is 3. The number of carbonyl (C=O) groups excluding carboxylic acids is 3. The first kappa shape index (κ1) is 26.6. The lowest BCUT2D eigenvalue weighted by Gasteiger charge is -2.23. The van der Waals surface area contributed by atoms with Crippen LogP contribution in [0.3, 0.4) is 0 Å². The summed E-state index contributed by atoms with van der Waals surface area (Å²) < 4.78 is 37.4. The Morgan fingerprint density at radius 2 is 1.79 bits per heavy atom. The predicted molar refractivity (Wildman–Crippen MR) is 127 cm³/mol. The number of sulfonamides is 1. The molecule has 0 aliphatic carbocycles. The molecule has 0 bridgehead atoms. The maximum atomic E-state index is 13.2. The summed E-state index contributed by atoms with van der Waals surface area (Å²) >= 11 is 0. The average Bonchev–Trinajstić information content (AvgIpc) is 2.84. The van der Waals surface area contributed by atoms with Gasteiger partial charge in [-0.2, -0.15) is 0 Å². The molecule has 0 fully saturated rings. The van der Waals surface area contributed by atoms with Crippen molar-refractivity contribution in [3.63, 3.8) is 0 Å². The van der Waals surface area contributed by atoms with Crippen molar-refractivity contribution in [1.82, 2.24) is 5.32 Å². The van der Waals surface area contributed by atoms with Crippen molar-refractivity contribution in [2.24, 2.45) is 0 Å². The van der Waals surface area contributed by atoms with Crippen molar-refractivity contribution in [2.45, 2.75) is 24.7 Å². The third-order valence-corrected chi connectivity index (χ3v) is 6.31. The molecule has 2 aromatic carbocycles. The average molecular weight is 489 g/mol. The number of hydrogen-bond donors (Lipinski definition) is 1. The van der Waals surface area contributed by atoms with E-state index in [1.807, 2.05) is 0 Å². The van der Waals surface area contributed by atoms with Gasteiger partial charge in [-0.25, -0.2) is 13.2 Å². The number of para-hydroxylation sites is 1. The summed E-state index contributed by atoms with van der Waals surface area (Å²) in [4.78, 5) is 35.4. The summed E-state index contributed by atoms with van der Waals surface area (Å²) in [6.45, 7) is 5.35. The summed E-state index contributed by atoms with van der Waals surface area (Å²) in [5.41, 5.74) is 0.442. The van der Waals surface area contributed by atoms with Gasteiger partial charge in [0.15, 0.2) is 6.61 Å². The third-order valence-electron chi connectivity index (χ3n) is 4.52. The number of nitrogens with zero attached hydrogens (tertiary/aromatic N) is 1. The second kappa shape index (κ2) is 13.1. The molecule has 0 aliphatic rings. The van der Waals surface area contributed by atoms with Crippen molar-refractivity contribution in [3.05, 3.63) is 72.8 Å². The molecule has 34 heavy (non-hydrogen) atoms. The van der Waals surface area contributed by atoms with Crippen LogP contribution >= 0.6 is 0 Å². The highest BCUT2D eigenvalue weighted by atomic mass is 32.2. The fourth-order valence-electron chi connectivity index (χ4n) is 2.92. The van der Waals surface area contributed by atoms with E-state index >= 15 is 0 Å². The lowest BCUT2D eigenvalue weighted by Crippen LogP contribution is -2.31. The number of amides is 1. The molecule has 2 rings (SSSR count). The number of ether oxygens (including phenoxy) is 2. The Bertz CT molecular complexity index is 1100. The molecule has 2 aromatic rings. The van der Waals surface area contributed by atoms with Crippen LogP contribution in [0.2, 0.25) is 0 Å². The molecule has 1 amide bonds. The maximum absolute atomic E-state index is 13.2. The lowest BCUT2D eigenvalue weighted by atomic mass is 10.2. The molecular formula is C24H28N2O7S. The number of esters is 2. The second-order valence-corrected chi connectivity index (χ2v) is 8.89. The van der Waals surface area contributed by atoms with Crippen molar-refractivity contribution >= 4 is 33.6 Å². The van der Waals surface area contributed by atoms with Crippen LogP contribution in [0.4, 0.5) is 5.69 Å². The summed E-state index contributed by atoms with van der Waals surface area (Å²) in [5.74, 6) is -1.73. The molecule has 0 spiro atoms. The van der Waals surface area contributed by atoms with Gasteiger partial charge in [0.1, 0.15) is 0 Å². The van der Waals surface area contributed by atoms with E-state index in [4.69, 9.17) is 9.47 Å². The Kier molecular flexibility index (Phi) is 10.3. The van der Waals surface area contributed by atoms with Crippen molar-refractivity contribution in [3.8, 4) is 0 Å². The standard InChI is InChI=1S/C24H28N2O7S/c1-3-16-26(20-11-6-5-7-12-20)34(30,31)21-13-8-10-19(17-21)24(29)33-18-22(27)25-15-9-14-23(28)32-4-2/h3,5-8,10-13,17H,1,4,9,14-16,18H2,2H3,(H,25,27). The minimum absolute atomic E-state index is 0.0113. The van der Waals surface area contributed by atoms with E-state index in [9.17, 15) is 22.8 Å². The Balaban J connectivity index is 2.00. The van der Waals surface area contributed by atoms with E-state index in [-0.39, 0.29) is 35.9 Å². The molecule has 0 heterocycles. The fraction of sp³-hybridized carbons (Fsp3) is 0.292. The van der Waals surface area contributed by atoms with Gasteiger partial charge in [-0.1, -0.05) is 30.3 Å². The molecular weight excluding hydrogens is 460 g/mol. The molecule has 0 aromatic heterocycles. The van der Waals surface area contributed by atoms with Crippen molar-refractivity contribution < 1.29 is 32.3 Å². The number of nitrogens with one attached hydrogen (secondary N) is 1. The zero-order valence-corrected chi connectivity index (χ0v) is 19.8. The van der Waals surface area contributed by atoms with Crippen LogP contribution in [-0.2, 0) is 29.1 Å². The quantitative estimate of drug-likeness (QED) is 0.262. The number of hydrogen-bond acceptors (Lipinski definition) is 7. The summed E-state index contributed by atoms with van der Waals surface area (Å²) in [5, 5.41) is 2.53. The molecule has 0 radical (unpaired) electrons. The van der Waals surface area contributed by atoms with E-state index in [0.717, 1.165) is 0 Å². The van der Waals surface area contributed by atoms with Crippen LogP contribution in [-0.4, -0.2) is 52.6 Å². The summed E-state index contributed by atoms with van der Waals surface area (Å²) in [7, 11) is -3.99. The van der Waals surface area contributed by atoms with Crippen LogP contribution in [0.1, 0.15) is 30.1 Å². The Labute approximate surface area is 199 Å². The summed E-state index contributed by atoms with van der Waals surface area (Å²) in [6.07, 6.45) is 2.02. The molecule has 0 atom stereocenters. The summed E-state index contributed by atoms with van der Waals surface area (Å²) in [6, 6.07) is 13.9. The van der Waals surface area contributed by atoms with Crippen LogP contribution in [0.15, 0.2) is 72.1 Å². The molecule has 0 unspecified atom stereocenters. The predicted octanol–water partition coefficient (Wildman–Crippen LogP) is 2.68. The van der Waals surface area contributed by atoms with E-state index in [2.05, 4.69) is 11.9 Å². The Morgan fingerprint density at radius 1 is 1.06 bits per heavy atom. The van der Waals surface area contributed by atoms with E-state index < -0.39 is 28.5 Å². The highest BCUT2D eigenvalue weighted by molar-refractivity contribution is 7.92. The minimum atomic E-state index is -3.99. The smallest absolute Gasteiger partial charge is 0.338 e. The van der Waals surface area contributed by atoms with Gasteiger partial charge in [0.05, 0.1) is 29.3 Å². The van der Waals surface area contributed by atoms with Gasteiger partial charge in [0.25, 0.3) is 15.9 Å². The molecule has 10 heteroatoms.